The van der Waals surface area contributed by atoms with Crippen LogP contribution in [0.3, 0.4) is 0 Å². The highest BCUT2D eigenvalue weighted by Crippen LogP contribution is 2.30. The Hall–Kier alpha value is -3.28. The zero-order valence-electron chi connectivity index (χ0n) is 15.6. The molecule has 6 heteroatoms. The monoisotopic (exact) mass is 371 g/mol. The van der Waals surface area contributed by atoms with E-state index in [0.717, 1.165) is 49.3 Å². The summed E-state index contributed by atoms with van der Waals surface area (Å²) in [6, 6.07) is 12.4. The van der Waals surface area contributed by atoms with Gasteiger partial charge in [-0.15, -0.1) is 0 Å². The Labute approximate surface area is 163 Å². The molecule has 4 heterocycles. The van der Waals surface area contributed by atoms with E-state index in [-0.39, 0.29) is 5.91 Å². The normalized spacial score (nSPS) is 16.0. The second kappa shape index (κ2) is 7.03. The fourth-order valence-electron chi connectivity index (χ4n) is 4.04. The molecule has 0 aliphatic carbocycles. The zero-order chi connectivity index (χ0) is 18.9. The van der Waals surface area contributed by atoms with E-state index in [2.05, 4.69) is 44.5 Å². The van der Waals surface area contributed by atoms with Gasteiger partial charge in [0.05, 0.1) is 0 Å². The molecule has 0 unspecified atom stereocenters. The maximum atomic E-state index is 12.5. The maximum Gasteiger partial charge on any atom is 0.270 e. The van der Waals surface area contributed by atoms with Gasteiger partial charge in [0.2, 0.25) is 0 Å². The third-order valence-electron chi connectivity index (χ3n) is 5.43. The van der Waals surface area contributed by atoms with Gasteiger partial charge < -0.3 is 10.2 Å². The lowest BCUT2D eigenvalue weighted by Gasteiger charge is -2.28. The molecule has 6 nitrogen and oxygen atoms in total. The topological polar surface area (TPSA) is 71.0 Å². The summed E-state index contributed by atoms with van der Waals surface area (Å²) < 4.78 is 0. The number of hydrogen-bond acceptors (Lipinski definition) is 5. The van der Waals surface area contributed by atoms with Crippen LogP contribution in [0.2, 0.25) is 0 Å². The minimum Gasteiger partial charge on any atom is -0.352 e. The fraction of sp³-hybridized carbons (Fsp3) is 0.273. The van der Waals surface area contributed by atoms with Crippen molar-refractivity contribution in [1.29, 1.82) is 0 Å². The first kappa shape index (κ1) is 16.9. The molecule has 0 radical (unpaired) electrons. The average molecular weight is 371 g/mol. The summed E-state index contributed by atoms with van der Waals surface area (Å²) >= 11 is 0. The molecule has 0 fully saturated rings. The Kier molecular flexibility index (Phi) is 4.24. The lowest BCUT2D eigenvalue weighted by atomic mass is 10.0. The largest absolute Gasteiger partial charge is 0.352 e. The molecule has 1 aromatic carbocycles. The van der Waals surface area contributed by atoms with E-state index in [4.69, 9.17) is 4.98 Å². The molecular formula is C22H21N5O. The molecule has 3 aromatic rings. The molecule has 140 valence electrons. The molecule has 2 aliphatic heterocycles. The number of anilines is 1. The molecule has 0 bridgehead atoms. The molecule has 2 aromatic heterocycles. The van der Waals surface area contributed by atoms with Gasteiger partial charge in [-0.05, 0) is 42.5 Å². The number of carbonyl (C=O) groups is 1. The summed E-state index contributed by atoms with van der Waals surface area (Å²) in [5.74, 6) is 1.32. The van der Waals surface area contributed by atoms with Gasteiger partial charge in [0.1, 0.15) is 11.5 Å². The smallest absolute Gasteiger partial charge is 0.270 e. The van der Waals surface area contributed by atoms with Crippen molar-refractivity contribution >= 4 is 11.7 Å². The van der Waals surface area contributed by atoms with Crippen LogP contribution in [0.1, 0.15) is 33.6 Å². The summed E-state index contributed by atoms with van der Waals surface area (Å²) in [7, 11) is 0. The number of aryl methyl sites for hydroxylation is 1. The van der Waals surface area contributed by atoms with Crippen LogP contribution in [-0.2, 0) is 19.4 Å². The molecule has 1 amide bonds. The summed E-state index contributed by atoms with van der Waals surface area (Å²) in [5, 5.41) is 2.91. The number of fused-ring (bicyclic) bond motifs is 2. The number of carbonyl (C=O) groups excluding carboxylic acids is 1. The van der Waals surface area contributed by atoms with Crippen LogP contribution >= 0.6 is 0 Å². The molecule has 0 saturated carbocycles. The van der Waals surface area contributed by atoms with Gasteiger partial charge in [-0.25, -0.2) is 9.97 Å². The van der Waals surface area contributed by atoms with Crippen LogP contribution in [0.25, 0.3) is 11.4 Å². The van der Waals surface area contributed by atoms with Crippen molar-refractivity contribution in [3.63, 3.8) is 0 Å². The zero-order valence-corrected chi connectivity index (χ0v) is 15.6. The van der Waals surface area contributed by atoms with Gasteiger partial charge in [-0.1, -0.05) is 24.3 Å². The van der Waals surface area contributed by atoms with E-state index in [1.807, 2.05) is 12.1 Å². The first-order chi connectivity index (χ1) is 13.8. The highest BCUT2D eigenvalue weighted by Gasteiger charge is 2.27. The predicted octanol–water partition coefficient (Wildman–Crippen LogP) is 2.78. The standard InChI is InChI=1S/C22H21N5O/c28-22-19-18(9-11-24-22)21(26-20(25-19)16-7-3-10-23-13-16)27-12-4-8-15-5-1-2-6-17(15)14-27/h1-3,5-7,10,13H,4,8-9,11-12,14H2,(H,24,28). The number of nitrogens with one attached hydrogen (secondary N) is 1. The van der Waals surface area contributed by atoms with Crippen LogP contribution in [0.4, 0.5) is 5.82 Å². The Morgan fingerprint density at radius 3 is 2.75 bits per heavy atom. The summed E-state index contributed by atoms with van der Waals surface area (Å²) in [6.45, 7) is 2.33. The number of nitrogens with zero attached hydrogens (tertiary/aromatic N) is 4. The van der Waals surface area contributed by atoms with Crippen molar-refractivity contribution in [1.82, 2.24) is 20.3 Å². The number of aromatic nitrogens is 3. The molecule has 2 aliphatic rings. The van der Waals surface area contributed by atoms with Gasteiger partial charge in [0, 0.05) is 43.2 Å². The number of amides is 1. The molecule has 28 heavy (non-hydrogen) atoms. The van der Waals surface area contributed by atoms with Crippen molar-refractivity contribution in [2.45, 2.75) is 25.8 Å². The second-order valence-corrected chi connectivity index (χ2v) is 7.24. The molecule has 0 spiro atoms. The number of hydrogen-bond donors (Lipinski definition) is 1. The average Bonchev–Trinajstić information content (AvgIpc) is 2.96. The second-order valence-electron chi connectivity index (χ2n) is 7.24. The van der Waals surface area contributed by atoms with E-state index in [1.54, 1.807) is 12.4 Å². The fourth-order valence-corrected chi connectivity index (χ4v) is 4.04. The van der Waals surface area contributed by atoms with Gasteiger partial charge >= 0.3 is 0 Å². The van der Waals surface area contributed by atoms with Crippen LogP contribution in [0.15, 0.2) is 48.8 Å². The van der Waals surface area contributed by atoms with Gasteiger partial charge in [-0.3, -0.25) is 9.78 Å². The van der Waals surface area contributed by atoms with Crippen LogP contribution in [-0.4, -0.2) is 33.9 Å². The van der Waals surface area contributed by atoms with E-state index in [0.29, 0.717) is 18.1 Å². The molecular weight excluding hydrogens is 350 g/mol. The Balaban J connectivity index is 1.64. The first-order valence-electron chi connectivity index (χ1n) is 9.71. The van der Waals surface area contributed by atoms with Crippen molar-refractivity contribution in [2.24, 2.45) is 0 Å². The highest BCUT2D eigenvalue weighted by molar-refractivity contribution is 5.96. The number of benzene rings is 1. The first-order valence-corrected chi connectivity index (χ1v) is 9.71. The highest BCUT2D eigenvalue weighted by atomic mass is 16.1. The summed E-state index contributed by atoms with van der Waals surface area (Å²) in [5.41, 5.74) is 5.00. The van der Waals surface area contributed by atoms with E-state index in [1.165, 1.54) is 11.1 Å². The Morgan fingerprint density at radius 2 is 1.89 bits per heavy atom. The third kappa shape index (κ3) is 3.01. The van der Waals surface area contributed by atoms with Gasteiger partial charge in [-0.2, -0.15) is 0 Å². The van der Waals surface area contributed by atoms with Crippen LogP contribution < -0.4 is 10.2 Å². The SMILES string of the molecule is O=C1NCCc2c1nc(-c1cccnc1)nc2N1CCCc2ccccc2C1. The van der Waals surface area contributed by atoms with Crippen molar-refractivity contribution in [3.05, 3.63) is 71.2 Å². The lowest BCUT2D eigenvalue weighted by Crippen LogP contribution is -2.36. The molecule has 5 rings (SSSR count). The lowest BCUT2D eigenvalue weighted by molar-refractivity contribution is 0.0940. The number of rotatable bonds is 2. The van der Waals surface area contributed by atoms with E-state index < -0.39 is 0 Å². The van der Waals surface area contributed by atoms with E-state index >= 15 is 0 Å². The van der Waals surface area contributed by atoms with Crippen molar-refractivity contribution in [2.75, 3.05) is 18.0 Å². The van der Waals surface area contributed by atoms with Gasteiger partial charge in [0.15, 0.2) is 5.82 Å². The molecule has 0 saturated heterocycles. The quantitative estimate of drug-likeness (QED) is 0.750. The third-order valence-corrected chi connectivity index (χ3v) is 5.43. The summed E-state index contributed by atoms with van der Waals surface area (Å²) in [4.78, 5) is 28.6. The van der Waals surface area contributed by atoms with Gasteiger partial charge in [0.25, 0.3) is 5.91 Å². The molecule has 0 atom stereocenters. The molecule has 1 N–H and O–H groups in total. The predicted molar refractivity (Wildman–Crippen MR) is 107 cm³/mol. The summed E-state index contributed by atoms with van der Waals surface area (Å²) in [6.07, 6.45) is 6.34. The Bertz CT molecular complexity index is 1030. The minimum atomic E-state index is -0.120. The Morgan fingerprint density at radius 1 is 1.00 bits per heavy atom. The van der Waals surface area contributed by atoms with Crippen LogP contribution in [0.5, 0.6) is 0 Å². The minimum absolute atomic E-state index is 0.120. The van der Waals surface area contributed by atoms with Crippen LogP contribution in [0, 0.1) is 0 Å². The van der Waals surface area contributed by atoms with E-state index in [9.17, 15) is 4.79 Å². The van der Waals surface area contributed by atoms with Crippen molar-refractivity contribution in [3.8, 4) is 11.4 Å². The number of pyridine rings is 1. The maximum absolute atomic E-state index is 12.5. The van der Waals surface area contributed by atoms with Crippen molar-refractivity contribution < 1.29 is 4.79 Å².